The first-order valence-electron chi connectivity index (χ1n) is 18.0. The van der Waals surface area contributed by atoms with Gasteiger partial charge in [0.2, 0.25) is 0 Å². The monoisotopic (exact) mass is 863 g/mol. The van der Waals surface area contributed by atoms with Gasteiger partial charge in [0.05, 0.1) is 18.0 Å². The van der Waals surface area contributed by atoms with Crippen molar-refractivity contribution in [3.63, 3.8) is 0 Å². The third kappa shape index (κ3) is 6.30. The van der Waals surface area contributed by atoms with Gasteiger partial charge in [-0.3, -0.25) is 0 Å². The second-order valence-electron chi connectivity index (χ2n) is 15.1. The zero-order valence-corrected chi connectivity index (χ0v) is 33.1. The van der Waals surface area contributed by atoms with Crippen LogP contribution in [-0.2, 0) is 21.1 Å². The predicted octanol–water partition coefficient (Wildman–Crippen LogP) is 12.2. The van der Waals surface area contributed by atoms with Crippen LogP contribution in [0.25, 0.3) is 38.8 Å². The van der Waals surface area contributed by atoms with Crippen molar-refractivity contribution in [3.05, 3.63) is 139 Å². The fraction of sp³-hybridized carbons (Fsp3) is 0.239. The molecule has 1 aliphatic heterocycles. The Morgan fingerprint density at radius 1 is 0.692 bits per heavy atom. The van der Waals surface area contributed by atoms with Gasteiger partial charge in [0.25, 0.3) is 0 Å². The summed E-state index contributed by atoms with van der Waals surface area (Å²) in [6.45, 7) is 16.6. The fourth-order valence-corrected chi connectivity index (χ4v) is 7.52. The molecular weight excluding hydrogens is 820 g/mol. The summed E-state index contributed by atoms with van der Waals surface area (Å²) < 4.78 is 8.77. The third-order valence-corrected chi connectivity index (χ3v) is 10.0. The molecule has 5 aromatic carbocycles. The number of fused-ring (bicyclic) bond motifs is 4. The number of nitrogens with zero attached hydrogens (tertiary/aromatic N) is 4. The number of hydrogen-bond acceptors (Lipinski definition) is 4. The normalized spacial score (nSPS) is 12.9. The number of rotatable bonds is 7. The second-order valence-corrected chi connectivity index (χ2v) is 15.1. The van der Waals surface area contributed by atoms with Crippen LogP contribution in [0.15, 0.2) is 115 Å². The van der Waals surface area contributed by atoms with Crippen LogP contribution in [0.2, 0.25) is 0 Å². The van der Waals surface area contributed by atoms with Gasteiger partial charge in [-0.05, 0) is 90.6 Å². The zero-order valence-electron chi connectivity index (χ0n) is 30.8. The molecule has 0 spiro atoms. The average Bonchev–Trinajstić information content (AvgIpc) is 3.68. The molecule has 0 aliphatic carbocycles. The molecule has 0 amide bonds. The van der Waals surface area contributed by atoms with Gasteiger partial charge in [0.15, 0.2) is 0 Å². The Morgan fingerprint density at radius 3 is 2.10 bits per heavy atom. The Balaban J connectivity index is 0.00000420. The summed E-state index contributed by atoms with van der Waals surface area (Å²) in [7, 11) is 0. The van der Waals surface area contributed by atoms with Crippen molar-refractivity contribution in [2.45, 2.75) is 65.8 Å². The molecule has 264 valence electrons. The summed E-state index contributed by atoms with van der Waals surface area (Å²) in [6.07, 6.45) is 1.94. The molecule has 5 nitrogen and oxygen atoms in total. The minimum absolute atomic E-state index is 0. The first-order valence-corrected chi connectivity index (χ1v) is 18.0. The van der Waals surface area contributed by atoms with Gasteiger partial charge in [-0.25, -0.2) is 4.98 Å². The van der Waals surface area contributed by atoms with E-state index in [1.165, 1.54) is 33.6 Å². The fourth-order valence-electron chi connectivity index (χ4n) is 7.52. The van der Waals surface area contributed by atoms with E-state index in [1.807, 2.05) is 24.4 Å². The number of aromatic nitrogens is 2. The molecule has 7 aromatic rings. The Morgan fingerprint density at radius 2 is 1.37 bits per heavy atom. The van der Waals surface area contributed by atoms with Crippen LogP contribution in [0.3, 0.4) is 0 Å². The number of para-hydroxylation sites is 3. The summed E-state index contributed by atoms with van der Waals surface area (Å²) in [4.78, 5) is 9.69. The maximum atomic E-state index is 6.55. The van der Waals surface area contributed by atoms with Crippen LogP contribution in [0.5, 0.6) is 11.5 Å². The quantitative estimate of drug-likeness (QED) is 0.150. The van der Waals surface area contributed by atoms with E-state index < -0.39 is 0 Å². The van der Waals surface area contributed by atoms with Crippen molar-refractivity contribution in [1.82, 2.24) is 9.55 Å². The molecule has 0 atom stereocenters. The minimum Gasteiger partial charge on any atom is -0.509 e. The molecule has 0 saturated carbocycles. The Labute approximate surface area is 322 Å². The van der Waals surface area contributed by atoms with Gasteiger partial charge in [0, 0.05) is 28.8 Å². The van der Waals surface area contributed by atoms with Crippen molar-refractivity contribution < 1.29 is 25.8 Å². The molecule has 0 radical (unpaired) electrons. The van der Waals surface area contributed by atoms with Crippen molar-refractivity contribution in [3.8, 4) is 28.4 Å². The van der Waals surface area contributed by atoms with Gasteiger partial charge < -0.3 is 19.1 Å². The Bertz CT molecular complexity index is 2380. The number of ether oxygens (including phenoxy) is 1. The summed E-state index contributed by atoms with van der Waals surface area (Å²) >= 11 is 0. The van der Waals surface area contributed by atoms with Gasteiger partial charge in [-0.1, -0.05) is 87.4 Å². The van der Waals surface area contributed by atoms with Crippen LogP contribution in [0.4, 0.5) is 17.1 Å². The van der Waals surface area contributed by atoms with Crippen molar-refractivity contribution >= 4 is 38.9 Å². The molecule has 0 unspecified atom stereocenters. The van der Waals surface area contributed by atoms with Gasteiger partial charge in [-0.15, -0.1) is 35.7 Å². The molecule has 0 bridgehead atoms. The number of pyridine rings is 1. The average molecular weight is 864 g/mol. The van der Waals surface area contributed by atoms with E-state index in [-0.39, 0.29) is 26.6 Å². The maximum Gasteiger partial charge on any atom is 2.00 e. The molecule has 52 heavy (non-hydrogen) atoms. The van der Waals surface area contributed by atoms with E-state index in [0.717, 1.165) is 40.0 Å². The summed E-state index contributed by atoms with van der Waals surface area (Å²) in [6, 6.07) is 45.6. The summed E-state index contributed by atoms with van der Waals surface area (Å²) in [5.74, 6) is 2.91. The molecule has 0 fully saturated rings. The van der Waals surface area contributed by atoms with Crippen molar-refractivity contribution in [1.29, 1.82) is 0 Å². The first kappa shape index (κ1) is 35.5. The Hall–Kier alpha value is -4.86. The van der Waals surface area contributed by atoms with Gasteiger partial charge >= 0.3 is 21.1 Å². The molecular formula is C46H44N4OPt. The Kier molecular flexibility index (Phi) is 9.52. The molecule has 0 N–H and O–H groups in total. The SMILES string of the molecule is CC(C)c1cccc(C(C)C)c1-c1ccnc(-n2c3[c-]c(Oc4[c-]c(N5CN(C(C)(C)C)c6ccccc65)ccc4)ccc3c3ccccc32)c1.[Pt+2]. The first-order chi connectivity index (χ1) is 24.6. The van der Waals surface area contributed by atoms with Gasteiger partial charge in [-0.2, -0.15) is 12.1 Å². The van der Waals surface area contributed by atoms with E-state index in [9.17, 15) is 0 Å². The number of hydrogen-bond donors (Lipinski definition) is 0. The smallest absolute Gasteiger partial charge is 0.509 e. The molecule has 1 aliphatic rings. The summed E-state index contributed by atoms with van der Waals surface area (Å²) in [5, 5.41) is 2.25. The molecule has 0 saturated heterocycles. The van der Waals surface area contributed by atoms with Crippen LogP contribution in [0, 0.1) is 12.1 Å². The number of anilines is 3. The molecule has 6 heteroatoms. The molecule has 8 rings (SSSR count). The largest absolute Gasteiger partial charge is 2.00 e. The van der Waals surface area contributed by atoms with Crippen LogP contribution in [-0.4, -0.2) is 21.8 Å². The topological polar surface area (TPSA) is 33.5 Å². The van der Waals surface area contributed by atoms with Crippen LogP contribution in [0.1, 0.15) is 71.4 Å². The van der Waals surface area contributed by atoms with Crippen LogP contribution < -0.4 is 14.5 Å². The predicted molar refractivity (Wildman–Crippen MR) is 212 cm³/mol. The third-order valence-electron chi connectivity index (χ3n) is 10.0. The van der Waals surface area contributed by atoms with E-state index >= 15 is 0 Å². The molecule has 3 heterocycles. The van der Waals surface area contributed by atoms with Crippen LogP contribution >= 0.6 is 0 Å². The van der Waals surface area contributed by atoms with E-state index in [4.69, 9.17) is 9.72 Å². The maximum absolute atomic E-state index is 6.55. The van der Waals surface area contributed by atoms with Gasteiger partial charge in [0.1, 0.15) is 5.82 Å². The second kappa shape index (κ2) is 13.9. The van der Waals surface area contributed by atoms with E-state index in [2.05, 4.69) is 166 Å². The van der Waals surface area contributed by atoms with Crippen molar-refractivity contribution in [2.75, 3.05) is 16.5 Å². The van der Waals surface area contributed by atoms with Crippen molar-refractivity contribution in [2.24, 2.45) is 0 Å². The number of benzene rings is 5. The standard InChI is InChI=1S/C46H44N4O.Pt/c1-30(2)36-17-13-18-37(31(3)4)45(36)32-24-25-47-44(26-32)50-40-19-9-8-16-38(40)39-23-22-35(28-43(39)50)51-34-15-12-14-33(27-34)48-29-49(46(5,6)7)42-21-11-10-20-41(42)48;/h8-26,30-31H,29H2,1-7H3;/q-2;+2. The van der Waals surface area contributed by atoms with E-state index in [1.54, 1.807) is 0 Å². The van der Waals surface area contributed by atoms with E-state index in [0.29, 0.717) is 23.3 Å². The summed E-state index contributed by atoms with van der Waals surface area (Å²) in [5.41, 5.74) is 10.5. The molecule has 2 aromatic heterocycles. The minimum atomic E-state index is -0.0231. The zero-order chi connectivity index (χ0) is 35.4.